The van der Waals surface area contributed by atoms with Gasteiger partial charge in [0.15, 0.2) is 6.20 Å². The van der Waals surface area contributed by atoms with Gasteiger partial charge in [0.25, 0.3) is 5.91 Å². The number of nitrogens with one attached hydrogen (secondary N) is 1. The normalized spacial score (nSPS) is 11.0. The Morgan fingerprint density at radius 3 is 2.35 bits per heavy atom. The molecule has 0 aliphatic heterocycles. The molecule has 0 saturated carbocycles. The molecule has 1 N–H and O–H groups in total. The summed E-state index contributed by atoms with van der Waals surface area (Å²) in [4.78, 5) is 13.0. The van der Waals surface area contributed by atoms with E-state index in [2.05, 4.69) is 10.1 Å². The first-order valence-corrected chi connectivity index (χ1v) is 8.87. The van der Waals surface area contributed by atoms with E-state index >= 15 is 0 Å². The summed E-state index contributed by atoms with van der Waals surface area (Å²) in [5, 5.41) is 14.0. The predicted octanol–water partition coefficient (Wildman–Crippen LogP) is 4.58. The minimum atomic E-state index is -4.81. The second-order valence-corrected chi connectivity index (χ2v) is 6.32. The van der Waals surface area contributed by atoms with Crippen molar-refractivity contribution in [2.75, 3.05) is 12.4 Å². The van der Waals surface area contributed by atoms with Gasteiger partial charge < -0.3 is 24.7 Å². The van der Waals surface area contributed by atoms with Gasteiger partial charge in [0, 0.05) is 6.07 Å². The molecule has 3 aromatic rings. The lowest BCUT2D eigenvalue weighted by molar-refractivity contribution is -0.604. The standard InChI is InChI=1S/C21H17F3N2O5/c1-13-5-10-17(30-15-6-8-16(9-7-15)31-21(22,23)24)18(19(13)29-2)20(27)25-14-4-3-11-26(28)12-14/h3-12H,1-2H3,(H,25,27). The number of alkyl halides is 3. The quantitative estimate of drug-likeness (QED) is 0.454. The summed E-state index contributed by atoms with van der Waals surface area (Å²) in [6.45, 7) is 1.73. The lowest BCUT2D eigenvalue weighted by Crippen LogP contribution is -2.25. The summed E-state index contributed by atoms with van der Waals surface area (Å²) >= 11 is 0. The number of benzene rings is 2. The van der Waals surface area contributed by atoms with Crippen LogP contribution in [0.25, 0.3) is 0 Å². The van der Waals surface area contributed by atoms with Crippen molar-refractivity contribution >= 4 is 11.6 Å². The van der Waals surface area contributed by atoms with Crippen molar-refractivity contribution in [2.24, 2.45) is 0 Å². The molecule has 0 aliphatic carbocycles. The highest BCUT2D eigenvalue weighted by Crippen LogP contribution is 2.36. The van der Waals surface area contributed by atoms with Gasteiger partial charge in [-0.15, -0.1) is 13.2 Å². The number of carbonyl (C=O) groups is 1. The highest BCUT2D eigenvalue weighted by Gasteiger charge is 2.31. The summed E-state index contributed by atoms with van der Waals surface area (Å²) in [6.07, 6.45) is -2.36. The molecule has 0 unspecified atom stereocenters. The molecule has 1 aromatic heterocycles. The van der Waals surface area contributed by atoms with Gasteiger partial charge in [-0.1, -0.05) is 6.07 Å². The number of amides is 1. The smallest absolute Gasteiger partial charge is 0.573 e. The number of rotatable bonds is 6. The number of anilines is 1. The number of halogens is 3. The van der Waals surface area contributed by atoms with Gasteiger partial charge in [-0.05, 0) is 48.9 Å². The minimum Gasteiger partial charge on any atom is -0.619 e. The number of pyridine rings is 1. The van der Waals surface area contributed by atoms with E-state index in [1.165, 1.54) is 49.8 Å². The summed E-state index contributed by atoms with van der Waals surface area (Å²) in [7, 11) is 1.39. The van der Waals surface area contributed by atoms with Crippen LogP contribution in [0.2, 0.25) is 0 Å². The maximum atomic E-state index is 13.0. The van der Waals surface area contributed by atoms with Gasteiger partial charge in [-0.25, -0.2) is 0 Å². The fourth-order valence-corrected chi connectivity index (χ4v) is 2.79. The first-order chi connectivity index (χ1) is 14.7. The SMILES string of the molecule is COc1c(C)ccc(Oc2ccc(OC(F)(F)F)cc2)c1C(=O)Nc1ccc[n+]([O-])c1. The third-order valence-corrected chi connectivity index (χ3v) is 4.07. The minimum absolute atomic E-state index is 0.0550. The fraction of sp³-hybridized carbons (Fsp3) is 0.143. The lowest BCUT2D eigenvalue weighted by atomic mass is 10.1. The number of nitrogens with zero attached hydrogens (tertiary/aromatic N) is 1. The average molecular weight is 434 g/mol. The van der Waals surface area contributed by atoms with Crippen LogP contribution in [0, 0.1) is 12.1 Å². The second kappa shape index (κ2) is 8.82. The van der Waals surface area contributed by atoms with Gasteiger partial charge in [0.05, 0.1) is 7.11 Å². The van der Waals surface area contributed by atoms with E-state index in [0.717, 1.165) is 12.1 Å². The molecule has 3 rings (SSSR count). The fourth-order valence-electron chi connectivity index (χ4n) is 2.79. The van der Waals surface area contributed by atoms with Crippen molar-refractivity contribution in [1.82, 2.24) is 0 Å². The molecule has 0 bridgehead atoms. The van der Waals surface area contributed by atoms with E-state index in [-0.39, 0.29) is 28.5 Å². The molecule has 0 fully saturated rings. The Kier molecular flexibility index (Phi) is 6.19. The molecule has 0 saturated heterocycles. The Morgan fingerprint density at radius 1 is 1.06 bits per heavy atom. The predicted molar refractivity (Wildman–Crippen MR) is 104 cm³/mol. The van der Waals surface area contributed by atoms with Crippen molar-refractivity contribution in [3.63, 3.8) is 0 Å². The second-order valence-electron chi connectivity index (χ2n) is 6.32. The van der Waals surface area contributed by atoms with Crippen LogP contribution in [-0.4, -0.2) is 19.4 Å². The Hall–Kier alpha value is -3.95. The maximum Gasteiger partial charge on any atom is 0.573 e. The summed E-state index contributed by atoms with van der Waals surface area (Å²) in [6, 6.07) is 10.9. The van der Waals surface area contributed by atoms with Crippen LogP contribution in [0.15, 0.2) is 60.9 Å². The zero-order valence-corrected chi connectivity index (χ0v) is 16.4. The zero-order valence-electron chi connectivity index (χ0n) is 16.4. The largest absolute Gasteiger partial charge is 0.619 e. The number of aryl methyl sites for hydroxylation is 1. The molecule has 10 heteroatoms. The van der Waals surface area contributed by atoms with Crippen LogP contribution >= 0.6 is 0 Å². The maximum absolute atomic E-state index is 13.0. The molecule has 0 radical (unpaired) electrons. The van der Waals surface area contributed by atoms with E-state index in [9.17, 15) is 23.2 Å². The van der Waals surface area contributed by atoms with E-state index in [1.807, 2.05) is 0 Å². The number of ether oxygens (including phenoxy) is 3. The van der Waals surface area contributed by atoms with Crippen LogP contribution in [-0.2, 0) is 0 Å². The summed E-state index contributed by atoms with van der Waals surface area (Å²) in [5.41, 5.74) is 0.964. The molecular formula is C21H17F3N2O5. The number of hydrogen-bond donors (Lipinski definition) is 1. The highest BCUT2D eigenvalue weighted by molar-refractivity contribution is 6.08. The molecule has 0 atom stereocenters. The topological polar surface area (TPSA) is 83.7 Å². The van der Waals surface area contributed by atoms with Gasteiger partial charge in [-0.3, -0.25) is 4.79 Å². The van der Waals surface area contributed by atoms with Crippen LogP contribution in [0.1, 0.15) is 15.9 Å². The van der Waals surface area contributed by atoms with Crippen molar-refractivity contribution < 1.29 is 36.9 Å². The van der Waals surface area contributed by atoms with Crippen LogP contribution < -0.4 is 24.3 Å². The molecular weight excluding hydrogens is 417 g/mol. The third kappa shape index (κ3) is 5.56. The van der Waals surface area contributed by atoms with Gasteiger partial charge >= 0.3 is 6.36 Å². The number of methoxy groups -OCH3 is 1. The molecule has 0 spiro atoms. The molecule has 162 valence electrons. The molecule has 7 nitrogen and oxygen atoms in total. The first kappa shape index (κ1) is 21.8. The Balaban J connectivity index is 1.91. The zero-order chi connectivity index (χ0) is 22.6. The van der Waals surface area contributed by atoms with Gasteiger partial charge in [0.2, 0.25) is 6.20 Å². The number of hydrogen-bond acceptors (Lipinski definition) is 5. The monoisotopic (exact) mass is 434 g/mol. The first-order valence-electron chi connectivity index (χ1n) is 8.87. The van der Waals surface area contributed by atoms with Crippen LogP contribution in [0.5, 0.6) is 23.0 Å². The molecule has 2 aromatic carbocycles. The van der Waals surface area contributed by atoms with Crippen molar-refractivity contribution in [3.05, 3.63) is 77.3 Å². The van der Waals surface area contributed by atoms with Crippen molar-refractivity contribution in [3.8, 4) is 23.0 Å². The van der Waals surface area contributed by atoms with Gasteiger partial charge in [-0.2, -0.15) is 4.73 Å². The summed E-state index contributed by atoms with van der Waals surface area (Å²) < 4.78 is 52.4. The van der Waals surface area contributed by atoms with Crippen molar-refractivity contribution in [2.45, 2.75) is 13.3 Å². The van der Waals surface area contributed by atoms with E-state index in [4.69, 9.17) is 9.47 Å². The van der Waals surface area contributed by atoms with Crippen LogP contribution in [0.3, 0.4) is 0 Å². The highest BCUT2D eigenvalue weighted by atomic mass is 19.4. The molecule has 1 heterocycles. The van der Waals surface area contributed by atoms with Crippen LogP contribution in [0.4, 0.5) is 18.9 Å². The number of carbonyl (C=O) groups excluding carboxylic acids is 1. The summed E-state index contributed by atoms with van der Waals surface area (Å²) in [5.74, 6) is -0.479. The average Bonchev–Trinajstić information content (AvgIpc) is 2.69. The van der Waals surface area contributed by atoms with E-state index in [1.54, 1.807) is 13.0 Å². The molecule has 1 amide bonds. The van der Waals surface area contributed by atoms with Crippen molar-refractivity contribution in [1.29, 1.82) is 0 Å². The number of aromatic nitrogens is 1. The third-order valence-electron chi connectivity index (χ3n) is 4.07. The molecule has 0 aliphatic rings. The lowest BCUT2D eigenvalue weighted by Gasteiger charge is -2.16. The van der Waals surface area contributed by atoms with E-state index in [0.29, 0.717) is 10.3 Å². The molecule has 31 heavy (non-hydrogen) atoms. The Bertz CT molecular complexity index is 1090. The van der Waals surface area contributed by atoms with Gasteiger partial charge in [0.1, 0.15) is 34.2 Å². The van der Waals surface area contributed by atoms with E-state index < -0.39 is 18.0 Å². The Labute approximate surface area is 175 Å². The Morgan fingerprint density at radius 2 is 1.74 bits per heavy atom.